The number of hydrogen-bond acceptors (Lipinski definition) is 7. The minimum Gasteiger partial charge on any atom is -0.470 e. The number of amides is 1. The summed E-state index contributed by atoms with van der Waals surface area (Å²) in [5.74, 6) is 0.173. The molecule has 1 saturated heterocycles. The van der Waals surface area contributed by atoms with Crippen molar-refractivity contribution < 1.29 is 14.1 Å². The van der Waals surface area contributed by atoms with Gasteiger partial charge in [0.2, 0.25) is 11.6 Å². The SMILES string of the molecule is N#Cc1nccnc1O[C@@H]1CCN(C(=O)Cc2noc3ccccc23)C1. The lowest BCUT2D eigenvalue weighted by Gasteiger charge is -2.16. The molecule has 0 spiro atoms. The monoisotopic (exact) mass is 349 g/mol. The van der Waals surface area contributed by atoms with Gasteiger partial charge >= 0.3 is 0 Å². The molecule has 3 heterocycles. The highest BCUT2D eigenvalue weighted by Gasteiger charge is 2.29. The Kier molecular flexibility index (Phi) is 4.19. The Hall–Kier alpha value is -3.47. The summed E-state index contributed by atoms with van der Waals surface area (Å²) in [5, 5.41) is 13.9. The van der Waals surface area contributed by atoms with Gasteiger partial charge in [-0.05, 0) is 12.1 Å². The van der Waals surface area contributed by atoms with Crippen molar-refractivity contribution in [1.29, 1.82) is 5.26 Å². The molecule has 4 rings (SSSR count). The van der Waals surface area contributed by atoms with E-state index in [-0.39, 0.29) is 30.0 Å². The highest BCUT2D eigenvalue weighted by molar-refractivity contribution is 5.86. The van der Waals surface area contributed by atoms with Gasteiger partial charge in [-0.25, -0.2) is 9.97 Å². The normalized spacial score (nSPS) is 16.6. The lowest BCUT2D eigenvalue weighted by atomic mass is 10.1. The van der Waals surface area contributed by atoms with Crippen LogP contribution in [0.2, 0.25) is 0 Å². The van der Waals surface area contributed by atoms with Gasteiger partial charge in [0.1, 0.15) is 17.9 Å². The maximum Gasteiger partial charge on any atom is 0.251 e. The Labute approximate surface area is 149 Å². The highest BCUT2D eigenvalue weighted by atomic mass is 16.5. The van der Waals surface area contributed by atoms with Crippen molar-refractivity contribution in [3.8, 4) is 11.9 Å². The minimum absolute atomic E-state index is 0.0326. The molecule has 0 saturated carbocycles. The Morgan fingerprint density at radius 3 is 3.08 bits per heavy atom. The van der Waals surface area contributed by atoms with E-state index in [0.717, 1.165) is 5.39 Å². The summed E-state index contributed by atoms with van der Waals surface area (Å²) in [4.78, 5) is 22.3. The summed E-state index contributed by atoms with van der Waals surface area (Å²) >= 11 is 0. The average Bonchev–Trinajstić information content (AvgIpc) is 3.30. The molecule has 1 atom stereocenters. The number of aromatic nitrogens is 3. The fourth-order valence-corrected chi connectivity index (χ4v) is 3.02. The van der Waals surface area contributed by atoms with Crippen molar-refractivity contribution in [3.63, 3.8) is 0 Å². The molecule has 3 aromatic rings. The number of fused-ring (bicyclic) bond motifs is 1. The zero-order valence-electron chi connectivity index (χ0n) is 13.8. The number of benzene rings is 1. The van der Waals surface area contributed by atoms with Crippen LogP contribution >= 0.6 is 0 Å². The number of nitrogens with zero attached hydrogens (tertiary/aromatic N) is 5. The van der Waals surface area contributed by atoms with Gasteiger partial charge in [-0.2, -0.15) is 5.26 Å². The van der Waals surface area contributed by atoms with E-state index in [1.807, 2.05) is 30.3 Å². The number of nitriles is 1. The van der Waals surface area contributed by atoms with E-state index < -0.39 is 0 Å². The molecule has 1 aromatic carbocycles. The molecular formula is C18H15N5O3. The minimum atomic E-state index is -0.211. The van der Waals surface area contributed by atoms with Gasteiger partial charge in [-0.1, -0.05) is 17.3 Å². The molecule has 0 unspecified atom stereocenters. The van der Waals surface area contributed by atoms with E-state index in [9.17, 15) is 4.79 Å². The van der Waals surface area contributed by atoms with E-state index in [1.165, 1.54) is 12.4 Å². The van der Waals surface area contributed by atoms with E-state index >= 15 is 0 Å². The molecule has 1 aliphatic heterocycles. The van der Waals surface area contributed by atoms with Crippen LogP contribution in [0, 0.1) is 11.3 Å². The molecule has 1 amide bonds. The van der Waals surface area contributed by atoms with Crippen molar-refractivity contribution in [1.82, 2.24) is 20.0 Å². The quantitative estimate of drug-likeness (QED) is 0.706. The molecule has 0 aliphatic carbocycles. The third-order valence-electron chi connectivity index (χ3n) is 4.32. The molecule has 1 fully saturated rings. The number of hydrogen-bond donors (Lipinski definition) is 0. The summed E-state index contributed by atoms with van der Waals surface area (Å²) in [6, 6.07) is 9.42. The van der Waals surface area contributed by atoms with Crippen LogP contribution in [0.4, 0.5) is 0 Å². The van der Waals surface area contributed by atoms with Gasteiger partial charge in [0.05, 0.1) is 13.0 Å². The van der Waals surface area contributed by atoms with Crippen LogP contribution in [-0.2, 0) is 11.2 Å². The van der Waals surface area contributed by atoms with Gasteiger partial charge in [0.15, 0.2) is 5.58 Å². The third kappa shape index (κ3) is 3.07. The van der Waals surface area contributed by atoms with Crippen molar-refractivity contribution in [3.05, 3.63) is 48.0 Å². The Morgan fingerprint density at radius 2 is 2.19 bits per heavy atom. The number of carbonyl (C=O) groups excluding carboxylic acids is 1. The fourth-order valence-electron chi connectivity index (χ4n) is 3.02. The molecule has 130 valence electrons. The smallest absolute Gasteiger partial charge is 0.251 e. The summed E-state index contributed by atoms with van der Waals surface area (Å²) in [7, 11) is 0. The molecule has 1 aliphatic rings. The maximum atomic E-state index is 12.6. The average molecular weight is 349 g/mol. The first-order valence-corrected chi connectivity index (χ1v) is 8.23. The van der Waals surface area contributed by atoms with E-state index in [4.69, 9.17) is 14.5 Å². The van der Waals surface area contributed by atoms with Crippen LogP contribution < -0.4 is 4.74 Å². The van der Waals surface area contributed by atoms with E-state index in [1.54, 1.807) is 4.90 Å². The van der Waals surface area contributed by atoms with Gasteiger partial charge in [0, 0.05) is 30.7 Å². The van der Waals surface area contributed by atoms with Crippen LogP contribution in [0.5, 0.6) is 5.88 Å². The molecule has 8 heteroatoms. The largest absolute Gasteiger partial charge is 0.470 e. The summed E-state index contributed by atoms with van der Waals surface area (Å²) < 4.78 is 11.0. The third-order valence-corrected chi connectivity index (χ3v) is 4.32. The number of rotatable bonds is 4. The first kappa shape index (κ1) is 16.0. The van der Waals surface area contributed by atoms with Crippen LogP contribution in [0.25, 0.3) is 11.0 Å². The summed E-state index contributed by atoms with van der Waals surface area (Å²) in [6.45, 7) is 1.03. The number of carbonyl (C=O) groups is 1. The molecule has 8 nitrogen and oxygen atoms in total. The van der Waals surface area contributed by atoms with Crippen molar-refractivity contribution in [2.45, 2.75) is 18.9 Å². The van der Waals surface area contributed by atoms with Crippen molar-refractivity contribution in [2.75, 3.05) is 13.1 Å². The lowest BCUT2D eigenvalue weighted by Crippen LogP contribution is -2.32. The first-order valence-electron chi connectivity index (χ1n) is 8.23. The van der Waals surface area contributed by atoms with E-state index in [0.29, 0.717) is 30.8 Å². The summed E-state index contributed by atoms with van der Waals surface area (Å²) in [6.07, 6.45) is 3.56. The maximum absolute atomic E-state index is 12.6. The molecule has 0 N–H and O–H groups in total. The molecular weight excluding hydrogens is 334 g/mol. The predicted molar refractivity (Wildman–Crippen MR) is 90.1 cm³/mol. The zero-order valence-corrected chi connectivity index (χ0v) is 13.8. The molecule has 0 radical (unpaired) electrons. The molecule has 0 bridgehead atoms. The lowest BCUT2D eigenvalue weighted by molar-refractivity contribution is -0.129. The molecule has 26 heavy (non-hydrogen) atoms. The van der Waals surface area contributed by atoms with Crippen molar-refractivity contribution in [2.24, 2.45) is 0 Å². The first-order chi connectivity index (χ1) is 12.7. The van der Waals surface area contributed by atoms with Gasteiger partial charge < -0.3 is 14.2 Å². The van der Waals surface area contributed by atoms with Crippen molar-refractivity contribution >= 4 is 16.9 Å². The Morgan fingerprint density at radius 1 is 1.35 bits per heavy atom. The Bertz CT molecular complexity index is 994. The zero-order chi connectivity index (χ0) is 17.9. The van der Waals surface area contributed by atoms with Crippen LogP contribution in [0.1, 0.15) is 17.8 Å². The highest BCUT2D eigenvalue weighted by Crippen LogP contribution is 2.21. The Balaban J connectivity index is 1.40. The summed E-state index contributed by atoms with van der Waals surface area (Å²) in [5.41, 5.74) is 1.45. The van der Waals surface area contributed by atoms with Crippen LogP contribution in [0.15, 0.2) is 41.2 Å². The van der Waals surface area contributed by atoms with Gasteiger partial charge in [0.25, 0.3) is 5.88 Å². The van der Waals surface area contributed by atoms with Crippen LogP contribution in [0.3, 0.4) is 0 Å². The predicted octanol–water partition coefficient (Wildman–Crippen LogP) is 1.71. The fraction of sp³-hybridized carbons (Fsp3) is 0.278. The van der Waals surface area contributed by atoms with Gasteiger partial charge in [-0.15, -0.1) is 0 Å². The molecule has 2 aromatic heterocycles. The second-order valence-electron chi connectivity index (χ2n) is 5.99. The van der Waals surface area contributed by atoms with Gasteiger partial charge in [-0.3, -0.25) is 4.79 Å². The number of para-hydroxylation sites is 1. The standard InChI is InChI=1S/C18H15N5O3/c19-10-15-18(21-7-6-20-15)25-12-5-8-23(11-12)17(24)9-14-13-3-1-2-4-16(13)26-22-14/h1-4,6-7,12H,5,8-9,11H2/t12-/m1/s1. The topological polar surface area (TPSA) is 105 Å². The second-order valence-corrected chi connectivity index (χ2v) is 5.99. The number of ether oxygens (including phenoxy) is 1. The van der Waals surface area contributed by atoms with E-state index in [2.05, 4.69) is 15.1 Å². The second kappa shape index (κ2) is 6.80. The number of likely N-dealkylation sites (tertiary alicyclic amines) is 1. The van der Waals surface area contributed by atoms with Crippen LogP contribution in [-0.4, -0.2) is 45.1 Å².